The van der Waals surface area contributed by atoms with Gasteiger partial charge >= 0.3 is 0 Å². The van der Waals surface area contributed by atoms with Crippen LogP contribution >= 0.6 is 0 Å². The first-order valence-corrected chi connectivity index (χ1v) is 5.49. The van der Waals surface area contributed by atoms with E-state index in [1.807, 2.05) is 6.20 Å². The number of hydrogen-bond acceptors (Lipinski definition) is 3. The van der Waals surface area contributed by atoms with Crippen molar-refractivity contribution in [1.29, 1.82) is 0 Å². The summed E-state index contributed by atoms with van der Waals surface area (Å²) >= 11 is 0. The number of carbonyl (C=O) groups is 1. The third-order valence-electron chi connectivity index (χ3n) is 2.92. The standard InChI is InChI=1S/C11H17N3O2/c1-13(2)11(16)10-3-4-14(12-10)7-8-5-9(15)6-8/h3-4,8-9,15H,5-7H2,1-2H3/t8-,9-. The Morgan fingerprint density at radius 1 is 1.62 bits per heavy atom. The number of hydrogen-bond donors (Lipinski definition) is 1. The van der Waals surface area contributed by atoms with Crippen molar-refractivity contribution >= 4 is 5.91 Å². The van der Waals surface area contributed by atoms with Crippen LogP contribution in [0.25, 0.3) is 0 Å². The molecule has 0 aromatic carbocycles. The van der Waals surface area contributed by atoms with Crippen molar-refractivity contribution in [3.8, 4) is 0 Å². The highest BCUT2D eigenvalue weighted by Gasteiger charge is 2.27. The van der Waals surface area contributed by atoms with Gasteiger partial charge in [0.2, 0.25) is 0 Å². The van der Waals surface area contributed by atoms with Crippen LogP contribution in [0.3, 0.4) is 0 Å². The average Bonchev–Trinajstić information content (AvgIpc) is 2.62. The van der Waals surface area contributed by atoms with Crippen molar-refractivity contribution in [3.05, 3.63) is 18.0 Å². The van der Waals surface area contributed by atoms with E-state index in [2.05, 4.69) is 5.10 Å². The number of amides is 1. The lowest BCUT2D eigenvalue weighted by Gasteiger charge is -2.31. The van der Waals surface area contributed by atoms with E-state index >= 15 is 0 Å². The molecule has 0 bridgehead atoms. The molecule has 5 nitrogen and oxygen atoms in total. The van der Waals surface area contributed by atoms with Crippen LogP contribution in [0.15, 0.2) is 12.3 Å². The summed E-state index contributed by atoms with van der Waals surface area (Å²) in [4.78, 5) is 13.1. The largest absolute Gasteiger partial charge is 0.393 e. The fourth-order valence-electron chi connectivity index (χ4n) is 1.92. The third kappa shape index (κ3) is 2.24. The average molecular weight is 223 g/mol. The minimum atomic E-state index is -0.136. The first kappa shape index (κ1) is 11.1. The zero-order chi connectivity index (χ0) is 11.7. The Morgan fingerprint density at radius 2 is 2.31 bits per heavy atom. The molecule has 2 rings (SSSR count). The topological polar surface area (TPSA) is 58.4 Å². The minimum absolute atomic E-state index is 0.0765. The van der Waals surface area contributed by atoms with Crippen molar-refractivity contribution in [3.63, 3.8) is 0 Å². The van der Waals surface area contributed by atoms with E-state index in [1.165, 1.54) is 4.90 Å². The molecule has 0 aliphatic heterocycles. The fourth-order valence-corrected chi connectivity index (χ4v) is 1.92. The first-order chi connectivity index (χ1) is 7.56. The zero-order valence-corrected chi connectivity index (χ0v) is 9.63. The van der Waals surface area contributed by atoms with Gasteiger partial charge in [-0.05, 0) is 24.8 Å². The molecule has 0 saturated heterocycles. The van der Waals surface area contributed by atoms with E-state index in [0.717, 1.165) is 19.4 Å². The highest BCUT2D eigenvalue weighted by atomic mass is 16.3. The number of carbonyl (C=O) groups excluding carboxylic acids is 1. The van der Waals surface area contributed by atoms with Crippen LogP contribution in [0.1, 0.15) is 23.3 Å². The lowest BCUT2D eigenvalue weighted by atomic mass is 9.82. The van der Waals surface area contributed by atoms with Gasteiger partial charge in [0, 0.05) is 26.8 Å². The van der Waals surface area contributed by atoms with Gasteiger partial charge in [0.25, 0.3) is 5.91 Å². The Morgan fingerprint density at radius 3 is 2.88 bits per heavy atom. The Labute approximate surface area is 94.7 Å². The van der Waals surface area contributed by atoms with Gasteiger partial charge in [0.15, 0.2) is 0 Å². The highest BCUT2D eigenvalue weighted by molar-refractivity contribution is 5.91. The SMILES string of the molecule is CN(C)C(=O)c1ccn(C[C@H]2C[C@H](O)C2)n1. The predicted octanol–water partition coefficient (Wildman–Crippen LogP) is 0.356. The Bertz CT molecular complexity index is 380. The van der Waals surface area contributed by atoms with Crippen molar-refractivity contribution in [1.82, 2.24) is 14.7 Å². The summed E-state index contributed by atoms with van der Waals surface area (Å²) in [5, 5.41) is 13.4. The summed E-state index contributed by atoms with van der Waals surface area (Å²) in [5.41, 5.74) is 0.477. The molecule has 1 aliphatic carbocycles. The Kier molecular flexibility index (Phi) is 2.96. The molecule has 1 N–H and O–H groups in total. The first-order valence-electron chi connectivity index (χ1n) is 5.49. The number of aliphatic hydroxyl groups excluding tert-OH is 1. The van der Waals surface area contributed by atoms with E-state index < -0.39 is 0 Å². The maximum absolute atomic E-state index is 11.6. The van der Waals surface area contributed by atoms with Gasteiger partial charge in [-0.1, -0.05) is 0 Å². The van der Waals surface area contributed by atoms with Crippen LogP contribution in [-0.2, 0) is 6.54 Å². The molecule has 0 unspecified atom stereocenters. The molecule has 5 heteroatoms. The monoisotopic (exact) mass is 223 g/mol. The lowest BCUT2D eigenvalue weighted by Crippen LogP contribution is -2.31. The zero-order valence-electron chi connectivity index (χ0n) is 9.63. The van der Waals surface area contributed by atoms with Gasteiger partial charge in [0.05, 0.1) is 6.10 Å². The van der Waals surface area contributed by atoms with Crippen LogP contribution in [0.4, 0.5) is 0 Å². The summed E-state index contributed by atoms with van der Waals surface area (Å²) in [7, 11) is 3.42. The number of aliphatic hydroxyl groups is 1. The van der Waals surface area contributed by atoms with Gasteiger partial charge in [-0.15, -0.1) is 0 Å². The van der Waals surface area contributed by atoms with Gasteiger partial charge in [0.1, 0.15) is 5.69 Å². The molecule has 16 heavy (non-hydrogen) atoms. The van der Waals surface area contributed by atoms with Crippen molar-refractivity contribution in [2.75, 3.05) is 14.1 Å². The quantitative estimate of drug-likeness (QED) is 0.804. The summed E-state index contributed by atoms with van der Waals surface area (Å²) in [6.07, 6.45) is 3.37. The van der Waals surface area contributed by atoms with Crippen LogP contribution in [0.5, 0.6) is 0 Å². The summed E-state index contributed by atoms with van der Waals surface area (Å²) in [6, 6.07) is 1.73. The second kappa shape index (κ2) is 4.25. The molecule has 0 atom stereocenters. The van der Waals surface area contributed by atoms with Gasteiger partial charge in [-0.25, -0.2) is 0 Å². The summed E-state index contributed by atoms with van der Waals surface area (Å²) in [5.74, 6) is 0.421. The van der Waals surface area contributed by atoms with E-state index in [4.69, 9.17) is 0 Å². The molecule has 1 fully saturated rings. The van der Waals surface area contributed by atoms with E-state index in [0.29, 0.717) is 11.6 Å². The second-order valence-electron chi connectivity index (χ2n) is 4.61. The Hall–Kier alpha value is -1.36. The molecule has 1 aliphatic rings. The molecule has 1 heterocycles. The molecule has 1 amide bonds. The van der Waals surface area contributed by atoms with Gasteiger partial charge in [-0.2, -0.15) is 5.10 Å². The molecule has 1 aromatic rings. The highest BCUT2D eigenvalue weighted by Crippen LogP contribution is 2.28. The number of rotatable bonds is 3. The Balaban J connectivity index is 1.94. The second-order valence-corrected chi connectivity index (χ2v) is 4.61. The minimum Gasteiger partial charge on any atom is -0.393 e. The maximum Gasteiger partial charge on any atom is 0.273 e. The van der Waals surface area contributed by atoms with E-state index in [-0.39, 0.29) is 12.0 Å². The van der Waals surface area contributed by atoms with Crippen LogP contribution in [-0.4, -0.2) is 45.9 Å². The number of nitrogens with zero attached hydrogens (tertiary/aromatic N) is 3. The van der Waals surface area contributed by atoms with E-state index in [1.54, 1.807) is 24.8 Å². The fraction of sp³-hybridized carbons (Fsp3) is 0.636. The van der Waals surface area contributed by atoms with Gasteiger partial charge in [-0.3, -0.25) is 9.48 Å². The van der Waals surface area contributed by atoms with Crippen LogP contribution in [0.2, 0.25) is 0 Å². The molecule has 1 saturated carbocycles. The molecular weight excluding hydrogens is 206 g/mol. The van der Waals surface area contributed by atoms with E-state index in [9.17, 15) is 9.90 Å². The summed E-state index contributed by atoms with van der Waals surface area (Å²) in [6.45, 7) is 0.789. The van der Waals surface area contributed by atoms with Crippen LogP contribution < -0.4 is 0 Å². The molecule has 88 valence electrons. The normalized spacial score (nSPS) is 23.9. The molecule has 0 spiro atoms. The van der Waals surface area contributed by atoms with Crippen LogP contribution in [0, 0.1) is 5.92 Å². The lowest BCUT2D eigenvalue weighted by molar-refractivity contribution is 0.0335. The molecule has 1 aromatic heterocycles. The van der Waals surface area contributed by atoms with Crippen molar-refractivity contribution in [2.45, 2.75) is 25.5 Å². The predicted molar refractivity (Wildman–Crippen MR) is 59.0 cm³/mol. The third-order valence-corrected chi connectivity index (χ3v) is 2.92. The maximum atomic E-state index is 11.6. The molecule has 0 radical (unpaired) electrons. The van der Waals surface area contributed by atoms with Crippen molar-refractivity contribution in [2.24, 2.45) is 5.92 Å². The number of aromatic nitrogens is 2. The van der Waals surface area contributed by atoms with Crippen molar-refractivity contribution < 1.29 is 9.90 Å². The summed E-state index contributed by atoms with van der Waals surface area (Å²) < 4.78 is 1.78. The van der Waals surface area contributed by atoms with Gasteiger partial charge < -0.3 is 10.0 Å². The smallest absolute Gasteiger partial charge is 0.273 e. The molecular formula is C11H17N3O2.